The first-order chi connectivity index (χ1) is 8.29. The Bertz CT molecular complexity index is 354. The molecule has 0 unspecified atom stereocenters. The Labute approximate surface area is 103 Å². The third-order valence-electron chi connectivity index (χ3n) is 3.26. The van der Waals surface area contributed by atoms with Crippen LogP contribution in [0.2, 0.25) is 0 Å². The Kier molecular flexibility index (Phi) is 4.40. The van der Waals surface area contributed by atoms with Gasteiger partial charge in [-0.15, -0.1) is 0 Å². The summed E-state index contributed by atoms with van der Waals surface area (Å²) in [4.78, 5) is 0. The van der Waals surface area contributed by atoms with Gasteiger partial charge in [0.15, 0.2) is 0 Å². The van der Waals surface area contributed by atoms with Crippen molar-refractivity contribution in [2.75, 3.05) is 6.61 Å². The molecule has 2 rings (SSSR count). The van der Waals surface area contributed by atoms with Crippen molar-refractivity contribution in [3.63, 3.8) is 0 Å². The molecule has 1 aliphatic carbocycles. The Hall–Kier alpha value is -1.06. The molecule has 0 heterocycles. The van der Waals surface area contributed by atoms with E-state index in [0.29, 0.717) is 6.61 Å². The predicted molar refractivity (Wildman–Crippen MR) is 68.1 cm³/mol. The van der Waals surface area contributed by atoms with Crippen molar-refractivity contribution in [1.29, 1.82) is 0 Å². The van der Waals surface area contributed by atoms with Crippen molar-refractivity contribution in [1.82, 2.24) is 5.32 Å². The van der Waals surface area contributed by atoms with E-state index in [0.717, 1.165) is 31.6 Å². The summed E-state index contributed by atoms with van der Waals surface area (Å²) < 4.78 is 5.46. The van der Waals surface area contributed by atoms with E-state index in [2.05, 4.69) is 17.4 Å². The van der Waals surface area contributed by atoms with Gasteiger partial charge in [0, 0.05) is 12.6 Å². The summed E-state index contributed by atoms with van der Waals surface area (Å²) in [5, 5.41) is 13.1. The number of hydrogen-bond donors (Lipinski definition) is 2. The van der Waals surface area contributed by atoms with E-state index >= 15 is 0 Å². The molecular weight excluding hydrogens is 214 g/mol. The average Bonchev–Trinajstić information content (AvgIpc) is 2.73. The highest BCUT2D eigenvalue weighted by molar-refractivity contribution is 5.28. The van der Waals surface area contributed by atoms with Gasteiger partial charge < -0.3 is 15.2 Å². The first-order valence-electron chi connectivity index (χ1n) is 6.43. The summed E-state index contributed by atoms with van der Waals surface area (Å²) in [5.74, 6) is 0.916. The van der Waals surface area contributed by atoms with Crippen molar-refractivity contribution < 1.29 is 9.84 Å². The summed E-state index contributed by atoms with van der Waals surface area (Å²) in [7, 11) is 0. The largest absolute Gasteiger partial charge is 0.494 e. The van der Waals surface area contributed by atoms with E-state index in [9.17, 15) is 5.11 Å². The van der Waals surface area contributed by atoms with Gasteiger partial charge in [-0.05, 0) is 43.9 Å². The van der Waals surface area contributed by atoms with Crippen LogP contribution in [0.25, 0.3) is 0 Å². The Morgan fingerprint density at radius 2 is 2.29 bits per heavy atom. The Morgan fingerprint density at radius 1 is 1.41 bits per heavy atom. The highest BCUT2D eigenvalue weighted by Gasteiger charge is 2.24. The third-order valence-corrected chi connectivity index (χ3v) is 3.26. The van der Waals surface area contributed by atoms with Gasteiger partial charge in [0.1, 0.15) is 5.75 Å². The standard InChI is InChI=1S/C14H21NO2/c1-2-17-12-6-3-5-11(9-12)10-15-13-7-4-8-14(13)16/h3,5-6,9,13-16H,2,4,7-8,10H2,1H3/t13-,14-/m1/s1. The fourth-order valence-electron chi connectivity index (χ4n) is 2.34. The van der Waals surface area contributed by atoms with Crippen LogP contribution in [-0.4, -0.2) is 23.9 Å². The average molecular weight is 235 g/mol. The van der Waals surface area contributed by atoms with E-state index in [1.54, 1.807) is 0 Å². The van der Waals surface area contributed by atoms with Crippen molar-refractivity contribution in [3.8, 4) is 5.75 Å². The minimum absolute atomic E-state index is 0.176. The summed E-state index contributed by atoms with van der Waals surface area (Å²) in [6, 6.07) is 8.37. The first-order valence-corrected chi connectivity index (χ1v) is 6.43. The molecule has 94 valence electrons. The minimum Gasteiger partial charge on any atom is -0.494 e. The zero-order valence-corrected chi connectivity index (χ0v) is 10.4. The first kappa shape index (κ1) is 12.4. The quantitative estimate of drug-likeness (QED) is 0.821. The molecule has 17 heavy (non-hydrogen) atoms. The van der Waals surface area contributed by atoms with Gasteiger partial charge in [0.2, 0.25) is 0 Å². The zero-order chi connectivity index (χ0) is 12.1. The van der Waals surface area contributed by atoms with Crippen molar-refractivity contribution >= 4 is 0 Å². The normalized spacial score (nSPS) is 23.9. The van der Waals surface area contributed by atoms with Crippen LogP contribution in [0.1, 0.15) is 31.7 Å². The molecule has 2 atom stereocenters. The third kappa shape index (κ3) is 3.45. The van der Waals surface area contributed by atoms with Crippen molar-refractivity contribution in [3.05, 3.63) is 29.8 Å². The highest BCUT2D eigenvalue weighted by atomic mass is 16.5. The highest BCUT2D eigenvalue weighted by Crippen LogP contribution is 2.20. The molecule has 0 radical (unpaired) electrons. The number of nitrogens with one attached hydrogen (secondary N) is 1. The molecular formula is C14H21NO2. The summed E-state index contributed by atoms with van der Waals surface area (Å²) >= 11 is 0. The Balaban J connectivity index is 1.87. The maximum atomic E-state index is 9.72. The smallest absolute Gasteiger partial charge is 0.119 e. The molecule has 3 nitrogen and oxygen atoms in total. The number of rotatable bonds is 5. The summed E-state index contributed by atoms with van der Waals surface area (Å²) in [5.41, 5.74) is 1.20. The van der Waals surface area contributed by atoms with Crippen LogP contribution in [-0.2, 0) is 6.54 Å². The maximum Gasteiger partial charge on any atom is 0.119 e. The van der Waals surface area contributed by atoms with E-state index in [1.165, 1.54) is 5.56 Å². The van der Waals surface area contributed by atoms with E-state index < -0.39 is 0 Å². The number of benzene rings is 1. The van der Waals surface area contributed by atoms with Gasteiger partial charge in [-0.2, -0.15) is 0 Å². The van der Waals surface area contributed by atoms with Crippen LogP contribution in [0.5, 0.6) is 5.75 Å². The Morgan fingerprint density at radius 3 is 3.00 bits per heavy atom. The van der Waals surface area contributed by atoms with Crippen LogP contribution < -0.4 is 10.1 Å². The lowest BCUT2D eigenvalue weighted by Crippen LogP contribution is -2.35. The molecule has 0 saturated heterocycles. The second-order valence-electron chi connectivity index (χ2n) is 4.57. The molecule has 0 spiro atoms. The molecule has 1 fully saturated rings. The number of aliphatic hydroxyl groups is 1. The van der Waals surface area contributed by atoms with Crippen LogP contribution in [0.4, 0.5) is 0 Å². The van der Waals surface area contributed by atoms with Crippen molar-refractivity contribution in [2.24, 2.45) is 0 Å². The van der Waals surface area contributed by atoms with E-state index in [4.69, 9.17) is 4.74 Å². The molecule has 0 amide bonds. The molecule has 1 aliphatic rings. The van der Waals surface area contributed by atoms with E-state index in [-0.39, 0.29) is 12.1 Å². The SMILES string of the molecule is CCOc1cccc(CN[C@@H]2CCC[C@H]2O)c1. The lowest BCUT2D eigenvalue weighted by molar-refractivity contribution is 0.148. The van der Waals surface area contributed by atoms with Crippen LogP contribution in [0, 0.1) is 0 Å². The zero-order valence-electron chi connectivity index (χ0n) is 10.4. The molecule has 1 aromatic carbocycles. The predicted octanol–water partition coefficient (Wildman–Crippen LogP) is 2.09. The molecule has 0 aromatic heterocycles. The van der Waals surface area contributed by atoms with Crippen molar-refractivity contribution in [2.45, 2.75) is 44.9 Å². The van der Waals surface area contributed by atoms with Gasteiger partial charge in [0.05, 0.1) is 12.7 Å². The second kappa shape index (κ2) is 6.03. The minimum atomic E-state index is -0.176. The molecule has 0 aliphatic heterocycles. The monoisotopic (exact) mass is 235 g/mol. The number of aliphatic hydroxyl groups excluding tert-OH is 1. The molecule has 1 saturated carbocycles. The van der Waals surface area contributed by atoms with Gasteiger partial charge in [-0.25, -0.2) is 0 Å². The molecule has 1 aromatic rings. The van der Waals surface area contributed by atoms with Crippen LogP contribution in [0.3, 0.4) is 0 Å². The van der Waals surface area contributed by atoms with Gasteiger partial charge in [-0.3, -0.25) is 0 Å². The number of ether oxygens (including phenoxy) is 1. The fourth-order valence-corrected chi connectivity index (χ4v) is 2.34. The van der Waals surface area contributed by atoms with Crippen LogP contribution in [0.15, 0.2) is 24.3 Å². The van der Waals surface area contributed by atoms with Gasteiger partial charge in [0.25, 0.3) is 0 Å². The van der Waals surface area contributed by atoms with Crippen LogP contribution >= 0.6 is 0 Å². The lowest BCUT2D eigenvalue weighted by Gasteiger charge is -2.16. The fraction of sp³-hybridized carbons (Fsp3) is 0.571. The molecule has 3 heteroatoms. The molecule has 0 bridgehead atoms. The number of hydrogen-bond acceptors (Lipinski definition) is 3. The summed E-state index contributed by atoms with van der Waals surface area (Å²) in [6.45, 7) is 3.47. The molecule has 2 N–H and O–H groups in total. The maximum absolute atomic E-state index is 9.72. The van der Waals surface area contributed by atoms with Gasteiger partial charge in [-0.1, -0.05) is 12.1 Å². The second-order valence-corrected chi connectivity index (χ2v) is 4.57. The topological polar surface area (TPSA) is 41.5 Å². The summed E-state index contributed by atoms with van der Waals surface area (Å²) in [6.07, 6.45) is 2.95. The van der Waals surface area contributed by atoms with E-state index in [1.807, 2.05) is 19.1 Å². The van der Waals surface area contributed by atoms with Gasteiger partial charge >= 0.3 is 0 Å². The lowest BCUT2D eigenvalue weighted by atomic mass is 10.1.